The Balaban J connectivity index is 2.72. The summed E-state index contributed by atoms with van der Waals surface area (Å²) < 4.78 is 0. The average molecular weight is 198 g/mol. The van der Waals surface area contributed by atoms with Crippen molar-refractivity contribution in [3.8, 4) is 5.75 Å². The summed E-state index contributed by atoms with van der Waals surface area (Å²) in [6, 6.07) is 4.89. The van der Waals surface area contributed by atoms with Crippen molar-refractivity contribution < 1.29 is 15.0 Å². The highest BCUT2D eigenvalue weighted by Crippen LogP contribution is 2.25. The molecule has 3 nitrogen and oxygen atoms in total. The number of aliphatic carboxylic acids is 1. The fourth-order valence-corrected chi connectivity index (χ4v) is 1.66. The van der Waals surface area contributed by atoms with Crippen LogP contribution in [0.3, 0.4) is 0 Å². The van der Waals surface area contributed by atoms with E-state index in [9.17, 15) is 4.79 Å². The van der Waals surface area contributed by atoms with E-state index in [-0.39, 0.29) is 11.5 Å². The number of carboxylic acids is 1. The second-order valence-corrected chi connectivity index (χ2v) is 3.65. The van der Waals surface area contributed by atoms with Crippen LogP contribution in [0.1, 0.15) is 5.56 Å². The van der Waals surface area contributed by atoms with Gasteiger partial charge in [0.1, 0.15) is 5.75 Å². The Labute approximate surface area is 80.4 Å². The van der Waals surface area contributed by atoms with E-state index < -0.39 is 5.97 Å². The Morgan fingerprint density at radius 3 is 2.77 bits per heavy atom. The first-order chi connectivity index (χ1) is 6.09. The van der Waals surface area contributed by atoms with Crippen LogP contribution < -0.4 is 0 Å². The standard InChI is InChI=1S/C9H10O3S/c1-6-4-7(10)2-3-8(6)13-5-9(11)12/h2-4,10H,5H2,1H3,(H,11,12). The Morgan fingerprint density at radius 2 is 2.23 bits per heavy atom. The van der Waals surface area contributed by atoms with Crippen LogP contribution in [-0.4, -0.2) is 21.9 Å². The smallest absolute Gasteiger partial charge is 0.313 e. The van der Waals surface area contributed by atoms with Crippen molar-refractivity contribution in [2.24, 2.45) is 0 Å². The van der Waals surface area contributed by atoms with Crippen LogP contribution in [0.15, 0.2) is 23.1 Å². The molecule has 70 valence electrons. The molecule has 0 aromatic heterocycles. The van der Waals surface area contributed by atoms with Gasteiger partial charge in [-0.2, -0.15) is 0 Å². The molecule has 0 saturated carbocycles. The predicted molar refractivity (Wildman–Crippen MR) is 51.2 cm³/mol. The van der Waals surface area contributed by atoms with Crippen LogP contribution in [0.4, 0.5) is 0 Å². The molecule has 0 fully saturated rings. The van der Waals surface area contributed by atoms with E-state index in [0.717, 1.165) is 10.5 Å². The third-order valence-corrected chi connectivity index (χ3v) is 2.67. The number of carbonyl (C=O) groups is 1. The first kappa shape index (κ1) is 9.92. The van der Waals surface area contributed by atoms with Crippen molar-refractivity contribution >= 4 is 17.7 Å². The first-order valence-corrected chi connectivity index (χ1v) is 4.72. The molecule has 0 radical (unpaired) electrons. The Morgan fingerprint density at radius 1 is 1.54 bits per heavy atom. The molecule has 0 spiro atoms. The Kier molecular flexibility index (Phi) is 3.19. The third-order valence-electron chi connectivity index (χ3n) is 1.51. The van der Waals surface area contributed by atoms with Gasteiger partial charge in [-0.3, -0.25) is 4.79 Å². The average Bonchev–Trinajstić information content (AvgIpc) is 2.02. The maximum atomic E-state index is 10.3. The number of carboxylic acid groups (broad SMARTS) is 1. The number of benzene rings is 1. The van der Waals surface area contributed by atoms with Crippen molar-refractivity contribution in [3.63, 3.8) is 0 Å². The van der Waals surface area contributed by atoms with Crippen LogP contribution in [0.5, 0.6) is 5.75 Å². The zero-order chi connectivity index (χ0) is 9.84. The number of hydrogen-bond acceptors (Lipinski definition) is 3. The fraction of sp³-hybridized carbons (Fsp3) is 0.222. The summed E-state index contributed by atoms with van der Waals surface area (Å²) >= 11 is 1.25. The Bertz CT molecular complexity index is 323. The fourth-order valence-electron chi connectivity index (χ4n) is 0.935. The Hall–Kier alpha value is -1.16. The van der Waals surface area contributed by atoms with Gasteiger partial charge < -0.3 is 10.2 Å². The van der Waals surface area contributed by atoms with E-state index in [2.05, 4.69) is 0 Å². The van der Waals surface area contributed by atoms with Crippen LogP contribution in [0, 0.1) is 6.92 Å². The van der Waals surface area contributed by atoms with Crippen molar-refractivity contribution in [2.75, 3.05) is 5.75 Å². The zero-order valence-electron chi connectivity index (χ0n) is 7.15. The van der Waals surface area contributed by atoms with Gasteiger partial charge in [-0.05, 0) is 30.7 Å². The van der Waals surface area contributed by atoms with Gasteiger partial charge in [0.15, 0.2) is 0 Å². The number of thioether (sulfide) groups is 1. The second-order valence-electron chi connectivity index (χ2n) is 2.63. The first-order valence-electron chi connectivity index (χ1n) is 3.74. The highest BCUT2D eigenvalue weighted by atomic mass is 32.2. The molecule has 0 aliphatic heterocycles. The number of phenols is 1. The number of rotatable bonds is 3. The van der Waals surface area contributed by atoms with Crippen molar-refractivity contribution in [1.29, 1.82) is 0 Å². The minimum Gasteiger partial charge on any atom is -0.508 e. The predicted octanol–water partition coefficient (Wildman–Crippen LogP) is 1.88. The highest BCUT2D eigenvalue weighted by Gasteiger charge is 2.02. The normalized spacial score (nSPS) is 9.92. The molecule has 0 atom stereocenters. The van der Waals surface area contributed by atoms with Crippen molar-refractivity contribution in [3.05, 3.63) is 23.8 Å². The lowest BCUT2D eigenvalue weighted by molar-refractivity contribution is -0.133. The van der Waals surface area contributed by atoms with Gasteiger partial charge in [0.25, 0.3) is 0 Å². The van der Waals surface area contributed by atoms with E-state index in [0.29, 0.717) is 0 Å². The third kappa shape index (κ3) is 2.99. The molecule has 2 N–H and O–H groups in total. The van der Waals surface area contributed by atoms with Crippen LogP contribution in [-0.2, 0) is 4.79 Å². The summed E-state index contributed by atoms with van der Waals surface area (Å²) in [7, 11) is 0. The molecule has 0 aliphatic rings. The van der Waals surface area contributed by atoms with Crippen LogP contribution >= 0.6 is 11.8 Å². The molecule has 1 aromatic carbocycles. The number of hydrogen-bond donors (Lipinski definition) is 2. The summed E-state index contributed by atoms with van der Waals surface area (Å²) in [5, 5.41) is 17.5. The lowest BCUT2D eigenvalue weighted by Gasteiger charge is -2.03. The molecule has 1 rings (SSSR count). The minimum absolute atomic E-state index is 0.0472. The van der Waals surface area contributed by atoms with Gasteiger partial charge in [-0.15, -0.1) is 11.8 Å². The number of phenolic OH excluding ortho intramolecular Hbond substituents is 1. The van der Waals surface area contributed by atoms with E-state index in [4.69, 9.17) is 10.2 Å². The topological polar surface area (TPSA) is 57.5 Å². The second kappa shape index (κ2) is 4.18. The van der Waals surface area contributed by atoms with E-state index in [1.165, 1.54) is 11.8 Å². The molecule has 13 heavy (non-hydrogen) atoms. The van der Waals surface area contributed by atoms with E-state index >= 15 is 0 Å². The molecule has 0 unspecified atom stereocenters. The minimum atomic E-state index is -0.836. The molecule has 0 bridgehead atoms. The summed E-state index contributed by atoms with van der Waals surface area (Å²) in [6.07, 6.45) is 0. The molecular weight excluding hydrogens is 188 g/mol. The SMILES string of the molecule is Cc1cc(O)ccc1SCC(=O)O. The maximum Gasteiger partial charge on any atom is 0.313 e. The molecule has 0 amide bonds. The number of aromatic hydroxyl groups is 1. The molecule has 0 saturated heterocycles. The van der Waals surface area contributed by atoms with Gasteiger partial charge >= 0.3 is 5.97 Å². The van der Waals surface area contributed by atoms with Gasteiger partial charge in [-0.1, -0.05) is 0 Å². The summed E-state index contributed by atoms with van der Waals surface area (Å²) in [5.74, 6) is -0.583. The summed E-state index contributed by atoms with van der Waals surface area (Å²) in [6.45, 7) is 1.84. The molecule has 1 aromatic rings. The molecule has 0 heterocycles. The molecule has 4 heteroatoms. The molecule has 0 aliphatic carbocycles. The maximum absolute atomic E-state index is 10.3. The summed E-state index contributed by atoms with van der Waals surface area (Å²) in [4.78, 5) is 11.2. The lowest BCUT2D eigenvalue weighted by Crippen LogP contribution is -1.97. The van der Waals surface area contributed by atoms with Gasteiger partial charge in [0.2, 0.25) is 0 Å². The van der Waals surface area contributed by atoms with Crippen LogP contribution in [0.25, 0.3) is 0 Å². The lowest BCUT2D eigenvalue weighted by atomic mass is 10.2. The van der Waals surface area contributed by atoms with Crippen LogP contribution in [0.2, 0.25) is 0 Å². The largest absolute Gasteiger partial charge is 0.508 e. The number of aryl methyl sites for hydroxylation is 1. The van der Waals surface area contributed by atoms with E-state index in [1.54, 1.807) is 18.2 Å². The van der Waals surface area contributed by atoms with Crippen molar-refractivity contribution in [1.82, 2.24) is 0 Å². The van der Waals surface area contributed by atoms with Gasteiger partial charge in [0, 0.05) is 4.90 Å². The van der Waals surface area contributed by atoms with Crippen molar-refractivity contribution in [2.45, 2.75) is 11.8 Å². The summed E-state index contributed by atoms with van der Waals surface area (Å²) in [5.41, 5.74) is 0.895. The van der Waals surface area contributed by atoms with Gasteiger partial charge in [-0.25, -0.2) is 0 Å². The molecular formula is C9H10O3S. The monoisotopic (exact) mass is 198 g/mol. The van der Waals surface area contributed by atoms with Gasteiger partial charge in [0.05, 0.1) is 5.75 Å². The zero-order valence-corrected chi connectivity index (χ0v) is 7.97. The quantitative estimate of drug-likeness (QED) is 0.728. The highest BCUT2D eigenvalue weighted by molar-refractivity contribution is 8.00. The van der Waals surface area contributed by atoms with E-state index in [1.807, 2.05) is 6.92 Å².